The number of aliphatic hydroxyl groups excluding tert-OH is 2. The number of amides is 16. The van der Waals surface area contributed by atoms with Crippen molar-refractivity contribution < 1.29 is 96.8 Å². The fraction of sp³-hybridized carbons (Fsp3) is 0.739. The van der Waals surface area contributed by atoms with Crippen molar-refractivity contribution in [2.75, 3.05) is 70.5 Å². The van der Waals surface area contributed by atoms with Crippen LogP contribution >= 0.6 is 21.6 Å². The van der Waals surface area contributed by atoms with Crippen LogP contribution in [0.25, 0.3) is 0 Å². The molecule has 5 aliphatic heterocycles. The molecule has 0 aromatic rings. The second-order valence-corrected chi connectivity index (χ2v) is 31.6. The first kappa shape index (κ1) is 93.4. The Bertz CT molecular complexity index is 3410. The minimum absolute atomic E-state index is 0.00487. The molecular weight excluding hydrogens is 1510 g/mol. The van der Waals surface area contributed by atoms with E-state index in [4.69, 9.17) is 22.9 Å². The molecule has 0 aromatic carbocycles. The summed E-state index contributed by atoms with van der Waals surface area (Å²) in [5.41, 5.74) is 22.9. The third-order valence-corrected chi connectivity index (χ3v) is 22.8. The molecule has 0 spiro atoms. The first-order chi connectivity index (χ1) is 53.1. The number of aliphatic carboxylic acids is 1. The van der Waals surface area contributed by atoms with Crippen molar-refractivity contribution in [2.45, 2.75) is 229 Å². The summed E-state index contributed by atoms with van der Waals surface area (Å²) < 4.78 is 0. The summed E-state index contributed by atoms with van der Waals surface area (Å²) in [6, 6.07) is -23.6. The topological polar surface area (TPSA) is 633 Å². The maximum Gasteiger partial charge on any atom is 0.305 e. The third kappa shape index (κ3) is 26.7. The van der Waals surface area contributed by atoms with E-state index in [1.807, 2.05) is 0 Å². The maximum atomic E-state index is 15.3. The maximum absolute atomic E-state index is 15.3. The monoisotopic (exact) mass is 1620 g/mol. The Morgan fingerprint density at radius 1 is 0.455 bits per heavy atom. The van der Waals surface area contributed by atoms with Crippen LogP contribution in [-0.4, -0.2) is 298 Å². The van der Waals surface area contributed by atoms with E-state index in [9.17, 15) is 82.4 Å². The second kappa shape index (κ2) is 45.5. The molecule has 18 atom stereocenters. The van der Waals surface area contributed by atoms with Crippen molar-refractivity contribution >= 4 is 128 Å². The van der Waals surface area contributed by atoms with Crippen LogP contribution in [0.1, 0.15) is 139 Å². The number of carbonyl (C=O) groups excluding carboxylic acids is 16. The van der Waals surface area contributed by atoms with Gasteiger partial charge in [0.15, 0.2) is 5.96 Å². The summed E-state index contributed by atoms with van der Waals surface area (Å²) in [6.45, 7) is 8.96. The minimum Gasteiger partial charge on any atom is -0.481 e. The minimum atomic E-state index is -1.96. The smallest absolute Gasteiger partial charge is 0.305 e. The van der Waals surface area contributed by atoms with E-state index < -0.39 is 260 Å². The Morgan fingerprint density at radius 3 is 1.34 bits per heavy atom. The molecule has 24 N–H and O–H groups in total. The highest BCUT2D eigenvalue weighted by atomic mass is 33.1. The lowest BCUT2D eigenvalue weighted by Gasteiger charge is -2.34. The number of fused-ring (bicyclic) bond motifs is 8. The number of nitrogens with zero attached hydrogens (tertiary/aromatic N) is 4. The van der Waals surface area contributed by atoms with E-state index >= 15 is 14.4 Å². The summed E-state index contributed by atoms with van der Waals surface area (Å²) in [5, 5.41) is 64.0. The molecule has 5 fully saturated rings. The van der Waals surface area contributed by atoms with Gasteiger partial charge in [-0.15, -0.1) is 0 Å². The molecule has 5 aliphatic rings. The highest BCUT2D eigenvalue weighted by molar-refractivity contribution is 8.76. The molecule has 0 saturated carbocycles. The first-order valence-electron chi connectivity index (χ1n) is 38.0. The molecule has 5 heterocycles. The molecule has 0 aliphatic carbocycles. The number of aliphatic hydroxyl groups is 2. The van der Waals surface area contributed by atoms with E-state index in [0.29, 0.717) is 12.8 Å². The molecule has 41 nitrogen and oxygen atoms in total. The van der Waals surface area contributed by atoms with Gasteiger partial charge in [-0.2, -0.15) is 0 Å². The quantitative estimate of drug-likeness (QED) is 0.0262. The summed E-state index contributed by atoms with van der Waals surface area (Å²) in [4.78, 5) is 252. The van der Waals surface area contributed by atoms with Crippen molar-refractivity contribution in [3.8, 4) is 0 Å². The van der Waals surface area contributed by atoms with Crippen LogP contribution in [-0.2, 0) is 81.5 Å². The molecule has 2 bridgehead atoms. The average molecular weight is 1620 g/mol. The zero-order valence-electron chi connectivity index (χ0n) is 64.6. The van der Waals surface area contributed by atoms with Gasteiger partial charge in [-0.25, -0.2) is 0 Å². The standard InChI is InChI=1S/C69H115N21O20S2/c1-9-34(6)51-64(106)83-44-31-111-112-32-45(61(103)87-53(36(8)11-3)68(110)89-22-14-17-46(89)62(104)77-38(25-50(94)95)56(98)80-41(27-71)57(99)79-40(26-70)54(96)75-28-49(93)85-51)84-65(107)52(35(7)10-2)86-63(105)47-18-13-21-88(47)67(109)48-19-15-23-90(48)66(108)39(24-33(4)5)78-59(101)43(30-92)81-55(97)37(16-12-20-74-69(72)73)76-58(100)42(29-91)82-60(44)102/h33-48,51-53,91-92H,9-32,70-71H2,1-8H3,(H,75,96)(H,76,100)(H,77,104)(H,78,101)(H,79,99)(H,80,98)(H,81,97)(H,82,102)(H,83,106)(H,84,107)(H,85,93)(H,86,105)(H,87,103)(H,94,95)(H4,72,73,74)/t34-,35-,36-,37-,38-,39-,40-,41-,42-,43-,44-,45-,46-,47-,48-,51-,52-,53-/m0/s1. The lowest BCUT2D eigenvalue weighted by Crippen LogP contribution is -2.62. The molecule has 43 heteroatoms. The first-order valence-corrected chi connectivity index (χ1v) is 40.5. The van der Waals surface area contributed by atoms with Crippen molar-refractivity contribution in [3.05, 3.63) is 0 Å². The lowest BCUT2D eigenvalue weighted by molar-refractivity contribution is -0.148. The van der Waals surface area contributed by atoms with Crippen molar-refractivity contribution in [2.24, 2.45) is 51.6 Å². The van der Waals surface area contributed by atoms with Crippen LogP contribution < -0.4 is 92.1 Å². The normalized spacial score (nSPS) is 29.5. The van der Waals surface area contributed by atoms with E-state index in [-0.39, 0.29) is 102 Å². The van der Waals surface area contributed by atoms with E-state index in [2.05, 4.69) is 74.1 Å². The van der Waals surface area contributed by atoms with Gasteiger partial charge in [0, 0.05) is 50.8 Å². The molecule has 5 saturated heterocycles. The molecular formula is C69H115N21O20S2. The number of hydrogen-bond acceptors (Lipinski definition) is 24. The summed E-state index contributed by atoms with van der Waals surface area (Å²) in [7, 11) is 1.63. The van der Waals surface area contributed by atoms with Gasteiger partial charge < -0.3 is 122 Å². The Labute approximate surface area is 657 Å². The van der Waals surface area contributed by atoms with Gasteiger partial charge in [-0.3, -0.25) is 86.5 Å². The predicted molar refractivity (Wildman–Crippen MR) is 408 cm³/mol. The number of aliphatic imine (C=N–C) groups is 1. The number of guanidine groups is 1. The number of hydrogen-bond donors (Lipinski definition) is 20. The zero-order chi connectivity index (χ0) is 83.4. The SMILES string of the molecule is CC[C@H](C)[C@@H]1NC(=O)CNC(=O)[C@H](CN)NC(=O)[C@H](CN)NC(=O)[C@H](CC(=O)O)NC(=O)[C@@H]2CCCN2C(=O)[C@H]([C@@H](C)CC)NC(=O)[C@@H]2CSSC[C@H](NC1=O)C(=O)N[C@@H](CO)C(=O)N[C@@H](CCCN=C(N)N)C(=O)N[C@@H](CO)C(=O)N[C@@H](CC(C)C)C(=O)N1CCC[C@H]1C(=O)N1CCC[C@H]1C(=O)N[C@@H]([C@@H](C)CC)C(=O)N2. The summed E-state index contributed by atoms with van der Waals surface area (Å²) in [6.07, 6.45) is 0.356. The van der Waals surface area contributed by atoms with Gasteiger partial charge in [0.2, 0.25) is 94.5 Å². The summed E-state index contributed by atoms with van der Waals surface area (Å²) in [5.74, 6) is -21.1. The van der Waals surface area contributed by atoms with Gasteiger partial charge in [0.25, 0.3) is 0 Å². The average Bonchev–Trinajstić information content (AvgIpc) is 1.16. The second-order valence-electron chi connectivity index (χ2n) is 29.1. The Hall–Kier alpha value is -9.20. The van der Waals surface area contributed by atoms with Crippen LogP contribution in [0.5, 0.6) is 0 Å². The van der Waals surface area contributed by atoms with Gasteiger partial charge >= 0.3 is 5.97 Å². The molecule has 0 radical (unpaired) electrons. The lowest BCUT2D eigenvalue weighted by atomic mass is 9.96. The molecule has 0 aromatic heterocycles. The molecule has 16 amide bonds. The number of carboxylic acid groups (broad SMARTS) is 1. The van der Waals surface area contributed by atoms with E-state index in [0.717, 1.165) is 26.5 Å². The van der Waals surface area contributed by atoms with Crippen molar-refractivity contribution in [1.29, 1.82) is 0 Å². The molecule has 0 unspecified atom stereocenters. The van der Waals surface area contributed by atoms with Crippen molar-refractivity contribution in [3.63, 3.8) is 0 Å². The Morgan fingerprint density at radius 2 is 0.848 bits per heavy atom. The Kier molecular flexibility index (Phi) is 37.9. The summed E-state index contributed by atoms with van der Waals surface area (Å²) >= 11 is 0. The third-order valence-electron chi connectivity index (χ3n) is 20.4. The van der Waals surface area contributed by atoms with Crippen molar-refractivity contribution in [1.82, 2.24) is 83.8 Å². The Balaban J connectivity index is 1.70. The highest BCUT2D eigenvalue weighted by Crippen LogP contribution is 2.29. The van der Waals surface area contributed by atoms with Gasteiger partial charge in [-0.05, 0) is 81.5 Å². The van der Waals surface area contributed by atoms with Crippen LogP contribution in [0.3, 0.4) is 0 Å². The number of carboxylic acids is 1. The molecule has 628 valence electrons. The number of carbonyl (C=O) groups is 17. The van der Waals surface area contributed by atoms with E-state index in [1.165, 1.54) is 9.80 Å². The van der Waals surface area contributed by atoms with Gasteiger partial charge in [-0.1, -0.05) is 96.2 Å². The predicted octanol–water partition coefficient (Wildman–Crippen LogP) is -8.08. The highest BCUT2D eigenvalue weighted by Gasteiger charge is 2.47. The number of nitrogens with one attached hydrogen (secondary N) is 13. The van der Waals surface area contributed by atoms with E-state index in [1.54, 1.807) is 55.4 Å². The van der Waals surface area contributed by atoms with Crippen LogP contribution in [0.15, 0.2) is 4.99 Å². The number of nitrogens with two attached hydrogens (primary N) is 4. The fourth-order valence-corrected chi connectivity index (χ4v) is 15.6. The van der Waals surface area contributed by atoms with Crippen LogP contribution in [0.4, 0.5) is 0 Å². The largest absolute Gasteiger partial charge is 0.481 e. The number of rotatable bonds is 18. The molecule has 5 rings (SSSR count). The fourth-order valence-electron chi connectivity index (χ4n) is 13.3. The zero-order valence-corrected chi connectivity index (χ0v) is 66.3. The molecule has 112 heavy (non-hydrogen) atoms. The van der Waals surface area contributed by atoms with Gasteiger partial charge in [0.1, 0.15) is 90.6 Å². The van der Waals surface area contributed by atoms with Crippen LogP contribution in [0, 0.1) is 23.7 Å². The van der Waals surface area contributed by atoms with Crippen LogP contribution in [0.2, 0.25) is 0 Å². The van der Waals surface area contributed by atoms with Gasteiger partial charge in [0.05, 0.1) is 26.2 Å².